The maximum Gasteiger partial charge on any atom is 1.00 e. The van der Waals surface area contributed by atoms with E-state index in [0.29, 0.717) is 0 Å². The van der Waals surface area contributed by atoms with Gasteiger partial charge in [-0.05, 0) is 17.7 Å². The van der Waals surface area contributed by atoms with Crippen molar-refractivity contribution in [1.29, 1.82) is 0 Å². The van der Waals surface area contributed by atoms with Crippen LogP contribution < -0.4 is 91.4 Å². The fourth-order valence-electron chi connectivity index (χ4n) is 3.46. The van der Waals surface area contributed by atoms with Crippen LogP contribution in [-0.2, 0) is 28.7 Å². The van der Waals surface area contributed by atoms with Crippen molar-refractivity contribution in [2.24, 2.45) is 11.5 Å². The van der Waals surface area contributed by atoms with Gasteiger partial charge in [0, 0.05) is 11.3 Å². The molecule has 0 spiro atoms. The van der Waals surface area contributed by atoms with Gasteiger partial charge in [0.25, 0.3) is 5.91 Å². The zero-order valence-electron chi connectivity index (χ0n) is 21.3. The van der Waals surface area contributed by atoms with E-state index in [1.54, 1.807) is 0 Å². The van der Waals surface area contributed by atoms with E-state index in [9.17, 15) is 44.1 Å². The molecule has 0 aliphatic carbocycles. The number of benzene rings is 1. The first-order valence-corrected chi connectivity index (χ1v) is 11.7. The third kappa shape index (κ3) is 8.82. The predicted octanol–water partition coefficient (Wildman–Crippen LogP) is -9.80. The molecule has 2 aliphatic rings. The van der Waals surface area contributed by atoms with Gasteiger partial charge >= 0.3 is 71.3 Å². The number of carboxylic acids is 2. The number of primary amides is 1. The summed E-state index contributed by atoms with van der Waals surface area (Å²) in [5, 5.41) is 35.9. The Balaban J connectivity index is 0.00000400. The average Bonchev–Trinajstić information content (AvgIpc) is 2.85. The zero-order chi connectivity index (χ0) is 28.1. The third-order valence-electron chi connectivity index (χ3n) is 5.29. The van der Waals surface area contributed by atoms with Crippen LogP contribution in [0.3, 0.4) is 0 Å². The van der Waals surface area contributed by atoms with Crippen LogP contribution in [0.1, 0.15) is 18.1 Å². The van der Waals surface area contributed by atoms with Gasteiger partial charge < -0.3 is 51.2 Å². The molecule has 2 heterocycles. The molecule has 0 saturated carbocycles. The molecule has 1 aromatic rings. The molecule has 19 heteroatoms. The van der Waals surface area contributed by atoms with Crippen LogP contribution in [0, 0.1) is 0 Å². The Morgan fingerprint density at radius 2 is 1.85 bits per heavy atom. The minimum atomic E-state index is -1.81. The molecule has 2 aliphatic heterocycles. The summed E-state index contributed by atoms with van der Waals surface area (Å²) in [5.74, 6) is -4.85. The average molecular weight is 597 g/mol. The van der Waals surface area contributed by atoms with Gasteiger partial charge in [-0.2, -0.15) is 0 Å². The fraction of sp³-hybridized carbons (Fsp3) is 0.333. The number of carbonyl (C=O) groups is 6. The van der Waals surface area contributed by atoms with E-state index in [1.165, 1.54) is 24.3 Å². The molecule has 204 valence electrons. The van der Waals surface area contributed by atoms with Crippen LogP contribution in [0.2, 0.25) is 0 Å². The van der Waals surface area contributed by atoms with E-state index in [1.807, 2.05) is 0 Å². The largest absolute Gasteiger partial charge is 1.00 e. The fourth-order valence-corrected chi connectivity index (χ4v) is 4.89. The van der Waals surface area contributed by atoms with Crippen molar-refractivity contribution < 1.29 is 113 Å². The van der Waals surface area contributed by atoms with Gasteiger partial charge in [-0.1, -0.05) is 12.1 Å². The molecule has 16 nitrogen and oxygen atoms in total. The summed E-state index contributed by atoms with van der Waals surface area (Å²) in [6.45, 7) is -1.34. The first-order chi connectivity index (χ1) is 17.9. The first-order valence-electron chi connectivity index (χ1n) is 10.7. The maximum atomic E-state index is 12.9. The number of aliphatic carboxylic acids is 2. The van der Waals surface area contributed by atoms with E-state index >= 15 is 0 Å². The number of hydrogen-bond acceptors (Lipinski definition) is 13. The molecule has 1 fully saturated rings. The van der Waals surface area contributed by atoms with Crippen molar-refractivity contribution in [1.82, 2.24) is 10.2 Å². The second-order valence-corrected chi connectivity index (χ2v) is 9.18. The number of aliphatic hydroxyl groups excluding tert-OH is 1. The third-order valence-corrected chi connectivity index (χ3v) is 6.66. The molecule has 4 atom stereocenters. The summed E-state index contributed by atoms with van der Waals surface area (Å²) in [5.41, 5.74) is 9.48. The van der Waals surface area contributed by atoms with E-state index in [2.05, 4.69) is 15.4 Å². The number of nitrogens with zero attached hydrogens (tertiary/aromatic N) is 1. The Labute approximate surface area is 274 Å². The van der Waals surface area contributed by atoms with Gasteiger partial charge in [0.15, 0.2) is 6.10 Å². The van der Waals surface area contributed by atoms with Gasteiger partial charge in [-0.3, -0.25) is 19.8 Å². The van der Waals surface area contributed by atoms with Gasteiger partial charge in [-0.15, -0.1) is 11.8 Å². The summed E-state index contributed by atoms with van der Waals surface area (Å²) in [6, 6.07) is 3.82. The summed E-state index contributed by atoms with van der Waals surface area (Å²) < 4.78 is 9.35. The van der Waals surface area contributed by atoms with Crippen LogP contribution in [0.25, 0.3) is 0 Å². The summed E-state index contributed by atoms with van der Waals surface area (Å²) in [7, 11) is 0. The first kappa shape index (κ1) is 35.7. The molecular weight excluding hydrogens is 576 g/mol. The van der Waals surface area contributed by atoms with Gasteiger partial charge in [0.05, 0.1) is 35.5 Å². The summed E-state index contributed by atoms with van der Waals surface area (Å²) >= 11 is 0.979. The maximum absolute atomic E-state index is 12.9. The van der Waals surface area contributed by atoms with E-state index in [-0.39, 0.29) is 82.4 Å². The molecule has 0 radical (unpaired) electrons. The topological polar surface area (TPSA) is 267 Å². The molecular formula is C21H21N5Na2O11S. The van der Waals surface area contributed by atoms with Crippen molar-refractivity contribution in [3.05, 3.63) is 41.1 Å². The summed E-state index contributed by atoms with van der Waals surface area (Å²) in [6.07, 6.45) is -4.12. The monoisotopic (exact) mass is 597 g/mol. The Kier molecular flexibility index (Phi) is 13.9. The van der Waals surface area contributed by atoms with Crippen LogP contribution in [0.4, 0.5) is 15.3 Å². The van der Waals surface area contributed by atoms with Crippen LogP contribution in [0.15, 0.2) is 35.5 Å². The molecule has 3 rings (SSSR count). The van der Waals surface area contributed by atoms with Crippen molar-refractivity contribution in [2.45, 2.75) is 29.3 Å². The minimum absolute atomic E-state index is 0. The quantitative estimate of drug-likeness (QED) is 0.124. The molecule has 0 aromatic heterocycles. The minimum Gasteiger partial charge on any atom is -0.548 e. The standard InChI is InChI=1S/C21H23N5O11S.2Na/c22-11(18(30)31)7-37-21(35)24-9-3-1-2-8(4-9)15(28)16(29)25-17-10(6-36-20(23)34)14(19(32)33)26-12(27)5-13(26)38-17;;/h1-4,11,13,15,17,28H,5-7,22H2,(H2,23,34)(H,24,35)(H,25,29)(H,30,31)(H,32,33);;/q;2*+1/p-2/t11-,13+,15?,17?;;/m1../s1. The number of anilines is 1. The van der Waals surface area contributed by atoms with Crippen LogP contribution in [-0.4, -0.2) is 75.9 Å². The Hall–Kier alpha value is -2.35. The number of aliphatic hydroxyl groups is 1. The number of nitrogens with one attached hydrogen (secondary N) is 2. The number of carbonyl (C=O) groups excluding carboxylic acids is 6. The number of carboxylic acid groups (broad SMARTS) is 2. The molecule has 1 aromatic carbocycles. The van der Waals surface area contributed by atoms with Crippen molar-refractivity contribution in [3.63, 3.8) is 0 Å². The molecule has 2 unspecified atom stereocenters. The number of fused-ring (bicyclic) bond motifs is 1. The number of ether oxygens (including phenoxy) is 2. The SMILES string of the molecule is NC(=O)OCC1=C(C(=O)[O-])N2C(=O)C[C@@H]2SC1NC(=O)C(O)c1cccc(NC(=O)OC[C@@H](N)C(=O)[O-])c1.[Na+].[Na+]. The second kappa shape index (κ2) is 15.6. The Morgan fingerprint density at radius 3 is 2.42 bits per heavy atom. The molecule has 1 saturated heterocycles. The molecule has 0 bridgehead atoms. The van der Waals surface area contributed by atoms with Crippen LogP contribution >= 0.6 is 11.8 Å². The molecule has 7 N–H and O–H groups in total. The number of thioether (sulfide) groups is 1. The molecule has 40 heavy (non-hydrogen) atoms. The van der Waals surface area contributed by atoms with E-state index in [4.69, 9.17) is 16.2 Å². The molecule has 4 amide bonds. The normalized spacial score (nSPS) is 18.9. The van der Waals surface area contributed by atoms with Gasteiger partial charge in [0.1, 0.15) is 18.6 Å². The number of rotatable bonds is 10. The van der Waals surface area contributed by atoms with Gasteiger partial charge in [0.2, 0.25) is 5.91 Å². The number of β-lactam (4-membered cyclic amide) rings is 1. The van der Waals surface area contributed by atoms with Crippen molar-refractivity contribution in [2.75, 3.05) is 18.5 Å². The van der Waals surface area contributed by atoms with E-state index in [0.717, 1.165) is 16.7 Å². The Bertz CT molecular complexity index is 1220. The van der Waals surface area contributed by atoms with Crippen LogP contribution in [0.5, 0.6) is 0 Å². The van der Waals surface area contributed by atoms with E-state index < -0.39 is 77.7 Å². The number of nitrogens with two attached hydrogens (primary N) is 2. The number of amides is 4. The predicted molar refractivity (Wildman–Crippen MR) is 122 cm³/mol. The van der Waals surface area contributed by atoms with Crippen molar-refractivity contribution >= 4 is 53.4 Å². The van der Waals surface area contributed by atoms with Crippen molar-refractivity contribution in [3.8, 4) is 0 Å². The second-order valence-electron chi connectivity index (χ2n) is 7.89. The Morgan fingerprint density at radius 1 is 1.18 bits per heavy atom. The smallest absolute Gasteiger partial charge is 0.548 e. The number of hydrogen-bond donors (Lipinski definition) is 5. The zero-order valence-corrected chi connectivity index (χ0v) is 26.1. The van der Waals surface area contributed by atoms with Gasteiger partial charge in [-0.25, -0.2) is 9.59 Å². The summed E-state index contributed by atoms with van der Waals surface area (Å²) in [4.78, 5) is 71.1.